The third-order valence-electron chi connectivity index (χ3n) is 3.56. The SMILES string of the molecule is COc1ccc(CN2CCC(C)(O)CC2)cc1Br. The van der Waals surface area contributed by atoms with Crippen LogP contribution >= 0.6 is 15.9 Å². The van der Waals surface area contributed by atoms with Crippen LogP contribution in [0.3, 0.4) is 0 Å². The third-order valence-corrected chi connectivity index (χ3v) is 4.18. The monoisotopic (exact) mass is 313 g/mol. The van der Waals surface area contributed by atoms with Gasteiger partial charge in [-0.25, -0.2) is 0 Å². The standard InChI is InChI=1S/C14H20BrNO2/c1-14(17)5-7-16(8-6-14)10-11-3-4-13(18-2)12(15)9-11/h3-4,9,17H,5-8,10H2,1-2H3. The molecule has 100 valence electrons. The minimum atomic E-state index is -0.475. The van der Waals surface area contributed by atoms with E-state index in [9.17, 15) is 5.11 Å². The van der Waals surface area contributed by atoms with Crippen LogP contribution < -0.4 is 4.74 Å². The molecule has 1 aromatic rings. The number of benzene rings is 1. The Balaban J connectivity index is 1.96. The molecule has 1 aliphatic heterocycles. The van der Waals surface area contributed by atoms with Gasteiger partial charge >= 0.3 is 0 Å². The van der Waals surface area contributed by atoms with Crippen molar-refractivity contribution in [3.8, 4) is 5.75 Å². The summed E-state index contributed by atoms with van der Waals surface area (Å²) in [4.78, 5) is 2.38. The van der Waals surface area contributed by atoms with Gasteiger partial charge in [0.05, 0.1) is 17.2 Å². The Morgan fingerprint density at radius 1 is 1.39 bits per heavy atom. The van der Waals surface area contributed by atoms with E-state index in [2.05, 4.69) is 33.0 Å². The number of hydrogen-bond acceptors (Lipinski definition) is 3. The Kier molecular flexibility index (Phi) is 4.30. The maximum Gasteiger partial charge on any atom is 0.133 e. The normalized spacial score (nSPS) is 19.8. The summed E-state index contributed by atoms with van der Waals surface area (Å²) in [7, 11) is 1.67. The molecule has 2 rings (SSSR count). The minimum Gasteiger partial charge on any atom is -0.496 e. The minimum absolute atomic E-state index is 0.475. The summed E-state index contributed by atoms with van der Waals surface area (Å²) in [5, 5.41) is 9.92. The quantitative estimate of drug-likeness (QED) is 0.931. The smallest absolute Gasteiger partial charge is 0.133 e. The molecule has 0 atom stereocenters. The second kappa shape index (κ2) is 5.59. The van der Waals surface area contributed by atoms with E-state index in [1.165, 1.54) is 5.56 Å². The molecule has 0 radical (unpaired) electrons. The van der Waals surface area contributed by atoms with Crippen LogP contribution in [0.25, 0.3) is 0 Å². The number of ether oxygens (including phenoxy) is 1. The molecule has 0 aliphatic carbocycles. The number of halogens is 1. The van der Waals surface area contributed by atoms with Crippen molar-refractivity contribution >= 4 is 15.9 Å². The zero-order valence-electron chi connectivity index (χ0n) is 10.9. The lowest BCUT2D eigenvalue weighted by molar-refractivity contribution is -0.00730. The first-order chi connectivity index (χ1) is 8.50. The lowest BCUT2D eigenvalue weighted by Crippen LogP contribution is -2.41. The molecule has 1 saturated heterocycles. The largest absolute Gasteiger partial charge is 0.496 e. The molecule has 1 N–H and O–H groups in total. The fraction of sp³-hybridized carbons (Fsp3) is 0.571. The predicted molar refractivity (Wildman–Crippen MR) is 75.8 cm³/mol. The number of aliphatic hydroxyl groups is 1. The average Bonchev–Trinajstić information content (AvgIpc) is 2.32. The van der Waals surface area contributed by atoms with Gasteiger partial charge in [-0.05, 0) is 53.4 Å². The van der Waals surface area contributed by atoms with Crippen molar-refractivity contribution in [2.75, 3.05) is 20.2 Å². The maximum atomic E-state index is 9.92. The molecule has 0 unspecified atom stereocenters. The molecule has 0 bridgehead atoms. The predicted octanol–water partition coefficient (Wildman–Crippen LogP) is 2.80. The Labute approximate surface area is 117 Å². The third kappa shape index (κ3) is 3.46. The van der Waals surface area contributed by atoms with E-state index >= 15 is 0 Å². The molecule has 0 aromatic heterocycles. The molecular formula is C14H20BrNO2. The van der Waals surface area contributed by atoms with Crippen molar-refractivity contribution in [1.29, 1.82) is 0 Å². The highest BCUT2D eigenvalue weighted by atomic mass is 79.9. The Hall–Kier alpha value is -0.580. The van der Waals surface area contributed by atoms with Gasteiger partial charge in [-0.3, -0.25) is 4.90 Å². The molecule has 0 amide bonds. The second-order valence-corrected chi connectivity index (χ2v) is 6.10. The molecule has 0 spiro atoms. The van der Waals surface area contributed by atoms with Crippen molar-refractivity contribution in [1.82, 2.24) is 4.90 Å². The molecule has 1 aromatic carbocycles. The molecular weight excluding hydrogens is 294 g/mol. The first-order valence-electron chi connectivity index (χ1n) is 6.27. The van der Waals surface area contributed by atoms with E-state index in [1.807, 2.05) is 13.0 Å². The van der Waals surface area contributed by atoms with Crippen LogP contribution in [-0.2, 0) is 6.54 Å². The van der Waals surface area contributed by atoms with Gasteiger partial charge in [0.2, 0.25) is 0 Å². The van der Waals surface area contributed by atoms with Crippen molar-refractivity contribution in [2.24, 2.45) is 0 Å². The van der Waals surface area contributed by atoms with Gasteiger partial charge in [0.1, 0.15) is 5.75 Å². The Morgan fingerprint density at radius 2 is 2.06 bits per heavy atom. The number of nitrogens with zero attached hydrogens (tertiary/aromatic N) is 1. The number of hydrogen-bond donors (Lipinski definition) is 1. The van der Waals surface area contributed by atoms with E-state index in [4.69, 9.17) is 4.74 Å². The number of rotatable bonds is 3. The average molecular weight is 314 g/mol. The van der Waals surface area contributed by atoms with Crippen molar-refractivity contribution in [3.05, 3.63) is 28.2 Å². The highest BCUT2D eigenvalue weighted by Gasteiger charge is 2.27. The molecule has 1 heterocycles. The zero-order valence-corrected chi connectivity index (χ0v) is 12.5. The van der Waals surface area contributed by atoms with E-state index in [0.29, 0.717) is 0 Å². The molecule has 4 heteroatoms. The summed E-state index contributed by atoms with van der Waals surface area (Å²) in [6.45, 7) is 4.76. The fourth-order valence-electron chi connectivity index (χ4n) is 2.26. The highest BCUT2D eigenvalue weighted by molar-refractivity contribution is 9.10. The van der Waals surface area contributed by atoms with Crippen LogP contribution in [0.1, 0.15) is 25.3 Å². The maximum absolute atomic E-state index is 9.92. The summed E-state index contributed by atoms with van der Waals surface area (Å²) < 4.78 is 6.22. The molecule has 1 fully saturated rings. The molecule has 0 saturated carbocycles. The van der Waals surface area contributed by atoms with Gasteiger partial charge in [0.15, 0.2) is 0 Å². The first kappa shape index (κ1) is 13.8. The van der Waals surface area contributed by atoms with Crippen LogP contribution in [0.2, 0.25) is 0 Å². The van der Waals surface area contributed by atoms with Gasteiger partial charge in [-0.1, -0.05) is 6.07 Å². The van der Waals surface area contributed by atoms with Gasteiger partial charge in [-0.2, -0.15) is 0 Å². The van der Waals surface area contributed by atoms with Crippen LogP contribution in [0.15, 0.2) is 22.7 Å². The van der Waals surface area contributed by atoms with E-state index in [1.54, 1.807) is 7.11 Å². The van der Waals surface area contributed by atoms with Crippen LogP contribution in [0.4, 0.5) is 0 Å². The second-order valence-electron chi connectivity index (χ2n) is 5.24. The van der Waals surface area contributed by atoms with E-state index in [0.717, 1.165) is 42.7 Å². The summed E-state index contributed by atoms with van der Waals surface area (Å²) in [5.41, 5.74) is 0.793. The number of piperidine rings is 1. The van der Waals surface area contributed by atoms with E-state index in [-0.39, 0.29) is 0 Å². The summed E-state index contributed by atoms with van der Waals surface area (Å²) in [6, 6.07) is 6.18. The molecule has 1 aliphatic rings. The summed E-state index contributed by atoms with van der Waals surface area (Å²) in [6.07, 6.45) is 1.70. The van der Waals surface area contributed by atoms with Crippen molar-refractivity contribution in [3.63, 3.8) is 0 Å². The summed E-state index contributed by atoms with van der Waals surface area (Å²) in [5.74, 6) is 0.861. The van der Waals surface area contributed by atoms with Gasteiger partial charge in [-0.15, -0.1) is 0 Å². The van der Waals surface area contributed by atoms with Gasteiger partial charge < -0.3 is 9.84 Å². The van der Waals surface area contributed by atoms with Crippen molar-refractivity contribution in [2.45, 2.75) is 31.9 Å². The van der Waals surface area contributed by atoms with Gasteiger partial charge in [0, 0.05) is 19.6 Å². The number of likely N-dealkylation sites (tertiary alicyclic amines) is 1. The highest BCUT2D eigenvalue weighted by Crippen LogP contribution is 2.27. The first-order valence-corrected chi connectivity index (χ1v) is 7.07. The lowest BCUT2D eigenvalue weighted by atomic mass is 9.93. The Morgan fingerprint density at radius 3 is 2.61 bits per heavy atom. The van der Waals surface area contributed by atoms with Crippen molar-refractivity contribution < 1.29 is 9.84 Å². The van der Waals surface area contributed by atoms with E-state index < -0.39 is 5.60 Å². The van der Waals surface area contributed by atoms with Gasteiger partial charge in [0.25, 0.3) is 0 Å². The lowest BCUT2D eigenvalue weighted by Gasteiger charge is -2.35. The van der Waals surface area contributed by atoms with Crippen LogP contribution in [-0.4, -0.2) is 35.8 Å². The zero-order chi connectivity index (χ0) is 13.2. The number of methoxy groups -OCH3 is 1. The molecule has 18 heavy (non-hydrogen) atoms. The Bertz CT molecular complexity index is 410. The topological polar surface area (TPSA) is 32.7 Å². The fourth-order valence-corrected chi connectivity index (χ4v) is 2.85. The molecule has 3 nitrogen and oxygen atoms in total. The summed E-state index contributed by atoms with van der Waals surface area (Å²) >= 11 is 3.51. The van der Waals surface area contributed by atoms with Crippen LogP contribution in [0, 0.1) is 0 Å². The van der Waals surface area contributed by atoms with Crippen LogP contribution in [0.5, 0.6) is 5.75 Å².